The van der Waals surface area contributed by atoms with Gasteiger partial charge in [0.25, 0.3) is 0 Å². The zero-order valence-corrected chi connectivity index (χ0v) is 7.06. The third-order valence-corrected chi connectivity index (χ3v) is 3.08. The molecule has 2 bridgehead atoms. The highest BCUT2D eigenvalue weighted by Gasteiger charge is 2.33. The van der Waals surface area contributed by atoms with Crippen LogP contribution in [0.3, 0.4) is 0 Å². The van der Waals surface area contributed by atoms with Gasteiger partial charge < -0.3 is 4.74 Å². The Kier molecular flexibility index (Phi) is 1.89. The Balaban J connectivity index is 1.96. The molecule has 0 aromatic carbocycles. The van der Waals surface area contributed by atoms with Gasteiger partial charge in [0.2, 0.25) is 0 Å². The first-order valence-corrected chi connectivity index (χ1v) is 5.01. The fraction of sp³-hybridized carbons (Fsp3) is 1.00. The molecule has 0 aliphatic carbocycles. The van der Waals surface area contributed by atoms with E-state index in [1.807, 2.05) is 11.9 Å². The van der Waals surface area contributed by atoms with E-state index in [1.54, 1.807) is 0 Å². The van der Waals surface area contributed by atoms with Crippen molar-refractivity contribution in [2.45, 2.75) is 25.0 Å². The number of rotatable bonds is 1. The van der Waals surface area contributed by atoms with Gasteiger partial charge in [0, 0.05) is 13.1 Å². The van der Waals surface area contributed by atoms with Crippen LogP contribution in [0.15, 0.2) is 0 Å². The van der Waals surface area contributed by atoms with Crippen LogP contribution in [0.2, 0.25) is 0 Å². The highest BCUT2D eigenvalue weighted by Crippen LogP contribution is 2.28. The van der Waals surface area contributed by atoms with Crippen LogP contribution in [0.1, 0.15) is 12.8 Å². The first-order valence-electron chi connectivity index (χ1n) is 3.83. The van der Waals surface area contributed by atoms with E-state index in [9.17, 15) is 0 Å². The summed E-state index contributed by atoms with van der Waals surface area (Å²) in [6, 6.07) is 0. The molecule has 2 rings (SSSR count). The summed E-state index contributed by atoms with van der Waals surface area (Å²) < 4.78 is 8.08. The van der Waals surface area contributed by atoms with E-state index in [0.717, 1.165) is 13.1 Å². The summed E-state index contributed by atoms with van der Waals surface area (Å²) >= 11 is 1.85. The number of nitrogens with zero attached hydrogens (tertiary/aromatic N) is 1. The van der Waals surface area contributed by atoms with Gasteiger partial charge in [0.1, 0.15) is 0 Å². The topological polar surface area (TPSA) is 12.5 Å². The lowest BCUT2D eigenvalue weighted by Gasteiger charge is -2.29. The van der Waals surface area contributed by atoms with Crippen molar-refractivity contribution >= 4 is 11.9 Å². The SMILES string of the molecule is CSN1CC2CCC(C1)O2. The van der Waals surface area contributed by atoms with Gasteiger partial charge in [0.05, 0.1) is 12.2 Å². The van der Waals surface area contributed by atoms with Gasteiger partial charge in [-0.15, -0.1) is 0 Å². The van der Waals surface area contributed by atoms with Gasteiger partial charge >= 0.3 is 0 Å². The van der Waals surface area contributed by atoms with Crippen molar-refractivity contribution in [2.24, 2.45) is 0 Å². The van der Waals surface area contributed by atoms with Crippen LogP contribution in [0, 0.1) is 0 Å². The normalized spacial score (nSPS) is 40.5. The quantitative estimate of drug-likeness (QED) is 0.532. The van der Waals surface area contributed by atoms with Gasteiger partial charge in [0.15, 0.2) is 0 Å². The molecule has 0 amide bonds. The molecule has 2 heterocycles. The lowest BCUT2D eigenvalue weighted by Crippen LogP contribution is -2.38. The van der Waals surface area contributed by atoms with Crippen LogP contribution in [0.25, 0.3) is 0 Å². The van der Waals surface area contributed by atoms with E-state index >= 15 is 0 Å². The standard InChI is InChI=1S/C7H13NOS/c1-10-8-4-6-2-3-7(5-8)9-6/h6-7H,2-5H2,1H3. The molecule has 0 saturated carbocycles. The molecule has 3 heteroatoms. The average Bonchev–Trinajstić information content (AvgIpc) is 2.30. The second-order valence-corrected chi connectivity index (χ2v) is 3.87. The summed E-state index contributed by atoms with van der Waals surface area (Å²) in [7, 11) is 0. The van der Waals surface area contributed by atoms with E-state index in [2.05, 4.69) is 10.6 Å². The minimum Gasteiger partial charge on any atom is -0.372 e. The monoisotopic (exact) mass is 159 g/mol. The molecule has 0 aromatic rings. The number of morpholine rings is 1. The van der Waals surface area contributed by atoms with Crippen molar-refractivity contribution in [2.75, 3.05) is 19.3 Å². The summed E-state index contributed by atoms with van der Waals surface area (Å²) in [6.07, 6.45) is 5.80. The summed E-state index contributed by atoms with van der Waals surface area (Å²) in [5, 5.41) is 0. The van der Waals surface area contributed by atoms with Crippen molar-refractivity contribution in [1.82, 2.24) is 4.31 Å². The van der Waals surface area contributed by atoms with Crippen LogP contribution in [-0.2, 0) is 4.74 Å². The van der Waals surface area contributed by atoms with E-state index < -0.39 is 0 Å². The zero-order chi connectivity index (χ0) is 6.97. The third kappa shape index (κ3) is 1.18. The third-order valence-electron chi connectivity index (χ3n) is 2.27. The van der Waals surface area contributed by atoms with E-state index in [0.29, 0.717) is 12.2 Å². The number of ether oxygens (including phenoxy) is 1. The van der Waals surface area contributed by atoms with E-state index in [-0.39, 0.29) is 0 Å². The maximum absolute atomic E-state index is 5.67. The minimum atomic E-state index is 0.547. The molecule has 2 unspecified atom stereocenters. The van der Waals surface area contributed by atoms with Gasteiger partial charge in [-0.3, -0.25) is 0 Å². The Morgan fingerprint density at radius 1 is 1.30 bits per heavy atom. The fourth-order valence-corrected chi connectivity index (χ4v) is 2.36. The molecule has 2 nitrogen and oxygen atoms in total. The van der Waals surface area contributed by atoms with E-state index in [4.69, 9.17) is 4.74 Å². The van der Waals surface area contributed by atoms with E-state index in [1.165, 1.54) is 12.8 Å². The Hall–Kier alpha value is 0.270. The molecule has 2 atom stereocenters. The largest absolute Gasteiger partial charge is 0.372 e. The molecule has 0 aromatic heterocycles. The highest BCUT2D eigenvalue weighted by molar-refractivity contribution is 7.96. The number of hydrogen-bond donors (Lipinski definition) is 0. The number of hydrogen-bond acceptors (Lipinski definition) is 3. The van der Waals surface area contributed by atoms with Crippen molar-refractivity contribution in [3.63, 3.8) is 0 Å². The Labute approximate surface area is 66.0 Å². The highest BCUT2D eigenvalue weighted by atomic mass is 32.2. The Bertz CT molecular complexity index is 119. The van der Waals surface area contributed by atoms with Crippen LogP contribution >= 0.6 is 11.9 Å². The molecule has 0 N–H and O–H groups in total. The van der Waals surface area contributed by atoms with Crippen LogP contribution in [0.4, 0.5) is 0 Å². The van der Waals surface area contributed by atoms with Gasteiger partial charge in [-0.2, -0.15) is 0 Å². The smallest absolute Gasteiger partial charge is 0.0716 e. The second-order valence-electron chi connectivity index (χ2n) is 2.99. The second kappa shape index (κ2) is 2.72. The predicted octanol–water partition coefficient (Wildman–Crippen LogP) is 1.13. The zero-order valence-electron chi connectivity index (χ0n) is 6.25. The van der Waals surface area contributed by atoms with Crippen LogP contribution in [-0.4, -0.2) is 35.9 Å². The first-order chi connectivity index (χ1) is 4.88. The molecule has 2 fully saturated rings. The predicted molar refractivity (Wildman–Crippen MR) is 43.0 cm³/mol. The fourth-order valence-electron chi connectivity index (χ4n) is 1.73. The molecule has 2 aliphatic rings. The molecule has 0 spiro atoms. The Morgan fingerprint density at radius 3 is 2.40 bits per heavy atom. The number of fused-ring (bicyclic) bond motifs is 2. The van der Waals surface area contributed by atoms with Crippen molar-refractivity contribution in [1.29, 1.82) is 0 Å². The molecular formula is C7H13NOS. The molecule has 58 valence electrons. The molecule has 2 aliphatic heterocycles. The van der Waals surface area contributed by atoms with Crippen molar-refractivity contribution in [3.8, 4) is 0 Å². The Morgan fingerprint density at radius 2 is 1.90 bits per heavy atom. The molecule has 10 heavy (non-hydrogen) atoms. The summed E-state index contributed by atoms with van der Waals surface area (Å²) in [4.78, 5) is 0. The maximum Gasteiger partial charge on any atom is 0.0716 e. The van der Waals surface area contributed by atoms with Gasteiger partial charge in [-0.1, -0.05) is 11.9 Å². The minimum absolute atomic E-state index is 0.547. The first kappa shape index (κ1) is 6.95. The van der Waals surface area contributed by atoms with Crippen molar-refractivity contribution in [3.05, 3.63) is 0 Å². The van der Waals surface area contributed by atoms with Crippen molar-refractivity contribution < 1.29 is 4.74 Å². The molecule has 2 saturated heterocycles. The van der Waals surface area contributed by atoms with Gasteiger partial charge in [-0.05, 0) is 19.1 Å². The summed E-state index contributed by atoms with van der Waals surface area (Å²) in [6.45, 7) is 2.27. The van der Waals surface area contributed by atoms with Crippen LogP contribution in [0.5, 0.6) is 0 Å². The molecular weight excluding hydrogens is 146 g/mol. The maximum atomic E-state index is 5.67. The summed E-state index contributed by atoms with van der Waals surface area (Å²) in [5.74, 6) is 0. The lowest BCUT2D eigenvalue weighted by molar-refractivity contribution is -0.00826. The average molecular weight is 159 g/mol. The van der Waals surface area contributed by atoms with Crippen LogP contribution < -0.4 is 0 Å². The molecule has 0 radical (unpaired) electrons. The summed E-state index contributed by atoms with van der Waals surface area (Å²) in [5.41, 5.74) is 0. The lowest BCUT2D eigenvalue weighted by atomic mass is 10.2. The van der Waals surface area contributed by atoms with Gasteiger partial charge in [-0.25, -0.2) is 4.31 Å².